The van der Waals surface area contributed by atoms with Crippen LogP contribution in [0.25, 0.3) is 0 Å². The first-order valence-electron chi connectivity index (χ1n) is 3.66. The van der Waals surface area contributed by atoms with Crippen LogP contribution in [0, 0.1) is 5.41 Å². The van der Waals surface area contributed by atoms with Gasteiger partial charge in [-0.25, -0.2) is 15.0 Å². The molecule has 6 heteroatoms. The molecule has 3 aliphatic rings. The molecule has 1 spiro atoms. The molecule has 0 fully saturated rings. The van der Waals surface area contributed by atoms with Crippen LogP contribution in [0.5, 0.6) is 0 Å². The van der Waals surface area contributed by atoms with E-state index in [2.05, 4.69) is 25.2 Å². The minimum absolute atomic E-state index is 0. The van der Waals surface area contributed by atoms with Gasteiger partial charge in [0.15, 0.2) is 11.7 Å². The number of hydrogen-bond donors (Lipinski definition) is 0. The molecule has 0 aromatic carbocycles. The summed E-state index contributed by atoms with van der Waals surface area (Å²) in [6.07, 6.45) is 5.88. The maximum atomic E-state index is 4.12. The van der Waals surface area contributed by atoms with E-state index in [9.17, 15) is 0 Å². The summed E-state index contributed by atoms with van der Waals surface area (Å²) in [6.45, 7) is 0. The standard InChI is InChI=1S/C7H5N5.HI/c1-5-9-3-7(1)2-8-4-10-6(7)12-11-5;/h2-4H,1H2;1H. The summed E-state index contributed by atoms with van der Waals surface area (Å²) >= 11 is 0. The van der Waals surface area contributed by atoms with Gasteiger partial charge in [0.05, 0.1) is 0 Å². The van der Waals surface area contributed by atoms with Gasteiger partial charge in [-0.15, -0.1) is 34.2 Å². The van der Waals surface area contributed by atoms with Crippen molar-refractivity contribution in [3.05, 3.63) is 0 Å². The van der Waals surface area contributed by atoms with Gasteiger partial charge in [-0.05, 0) is 0 Å². The topological polar surface area (TPSA) is 61.8 Å². The molecular weight excluding hydrogens is 281 g/mol. The minimum atomic E-state index is -0.272. The first kappa shape index (κ1) is 8.67. The fourth-order valence-corrected chi connectivity index (χ4v) is 1.48. The lowest BCUT2D eigenvalue weighted by Crippen LogP contribution is -2.35. The number of hydrogen-bond acceptors (Lipinski definition) is 5. The molecule has 3 heterocycles. The summed E-state index contributed by atoms with van der Waals surface area (Å²) in [5.41, 5.74) is -0.272. The van der Waals surface area contributed by atoms with Crippen LogP contribution < -0.4 is 0 Å². The third kappa shape index (κ3) is 1.08. The van der Waals surface area contributed by atoms with Crippen molar-refractivity contribution in [1.82, 2.24) is 0 Å². The second-order valence-electron chi connectivity index (χ2n) is 2.94. The van der Waals surface area contributed by atoms with Crippen LogP contribution in [-0.2, 0) is 0 Å². The van der Waals surface area contributed by atoms with Crippen LogP contribution in [0.4, 0.5) is 0 Å². The summed E-state index contributed by atoms with van der Waals surface area (Å²) in [7, 11) is 0. The van der Waals surface area contributed by atoms with Crippen LogP contribution in [0.3, 0.4) is 0 Å². The maximum absolute atomic E-state index is 4.12. The first-order valence-corrected chi connectivity index (χ1v) is 3.66. The van der Waals surface area contributed by atoms with E-state index < -0.39 is 0 Å². The highest BCUT2D eigenvalue weighted by Gasteiger charge is 2.42. The molecule has 3 rings (SSSR count). The molecule has 0 saturated heterocycles. The number of halogens is 1. The summed E-state index contributed by atoms with van der Waals surface area (Å²) in [4.78, 5) is 12.2. The summed E-state index contributed by atoms with van der Waals surface area (Å²) in [6, 6.07) is 0. The highest BCUT2D eigenvalue weighted by molar-refractivity contribution is 14.0. The van der Waals surface area contributed by atoms with Crippen molar-refractivity contribution in [2.75, 3.05) is 0 Å². The van der Waals surface area contributed by atoms with E-state index in [4.69, 9.17) is 0 Å². The minimum Gasteiger partial charge on any atom is -0.248 e. The zero-order chi connectivity index (χ0) is 8.02. The molecule has 3 aliphatic heterocycles. The van der Waals surface area contributed by atoms with Crippen LogP contribution in [-0.4, -0.2) is 30.4 Å². The Morgan fingerprint density at radius 3 is 3.00 bits per heavy atom. The molecule has 0 amide bonds. The zero-order valence-corrected chi connectivity index (χ0v) is 8.91. The van der Waals surface area contributed by atoms with Gasteiger partial charge in [0.2, 0.25) is 0 Å². The van der Waals surface area contributed by atoms with Gasteiger partial charge < -0.3 is 0 Å². The third-order valence-electron chi connectivity index (χ3n) is 2.12. The number of rotatable bonds is 0. The van der Waals surface area contributed by atoms with E-state index in [-0.39, 0.29) is 29.4 Å². The second-order valence-corrected chi connectivity index (χ2v) is 2.94. The van der Waals surface area contributed by atoms with Gasteiger partial charge >= 0.3 is 0 Å². The van der Waals surface area contributed by atoms with Crippen LogP contribution in [0.2, 0.25) is 0 Å². The molecule has 0 aromatic heterocycles. The summed E-state index contributed by atoms with van der Waals surface area (Å²) in [5.74, 6) is 1.46. The van der Waals surface area contributed by atoms with Gasteiger partial charge in [0.1, 0.15) is 11.8 Å². The van der Waals surface area contributed by atoms with Crippen molar-refractivity contribution >= 4 is 54.4 Å². The Kier molecular flexibility index (Phi) is 1.86. The highest BCUT2D eigenvalue weighted by atomic mass is 127. The Morgan fingerprint density at radius 2 is 2.08 bits per heavy atom. The zero-order valence-electron chi connectivity index (χ0n) is 6.58. The first-order chi connectivity index (χ1) is 5.89. The van der Waals surface area contributed by atoms with Crippen molar-refractivity contribution in [2.24, 2.45) is 30.6 Å². The van der Waals surface area contributed by atoms with Crippen molar-refractivity contribution < 1.29 is 0 Å². The Labute approximate surface area is 91.5 Å². The van der Waals surface area contributed by atoms with Gasteiger partial charge in [-0.1, -0.05) is 0 Å². The molecule has 0 saturated carbocycles. The summed E-state index contributed by atoms with van der Waals surface area (Å²) < 4.78 is 0. The van der Waals surface area contributed by atoms with Crippen LogP contribution >= 0.6 is 24.0 Å². The fraction of sp³-hybridized carbons (Fsp3) is 0.286. The molecule has 0 aliphatic carbocycles. The summed E-state index contributed by atoms with van der Waals surface area (Å²) in [5, 5.41) is 7.86. The van der Waals surface area contributed by atoms with E-state index in [0.717, 1.165) is 12.3 Å². The Bertz CT molecular complexity index is 388. The van der Waals surface area contributed by atoms with E-state index >= 15 is 0 Å². The lowest BCUT2D eigenvalue weighted by atomic mass is 9.86. The van der Waals surface area contributed by atoms with E-state index in [0.29, 0.717) is 5.84 Å². The van der Waals surface area contributed by atoms with E-state index in [1.807, 2.05) is 12.4 Å². The lowest BCUT2D eigenvalue weighted by molar-refractivity contribution is 0.825. The predicted molar refractivity (Wildman–Crippen MR) is 62.8 cm³/mol. The van der Waals surface area contributed by atoms with Crippen molar-refractivity contribution in [2.45, 2.75) is 6.42 Å². The number of amidine groups is 2. The molecule has 5 nitrogen and oxygen atoms in total. The SMILES string of the molecule is C1=NC=NC2=NN=C3CC12C=N3.I. The predicted octanol–water partition coefficient (Wildman–Crippen LogP) is 0.904. The quantitative estimate of drug-likeness (QED) is 0.594. The smallest absolute Gasteiger partial charge is 0.170 e. The number of aliphatic imine (C=N–C) groups is 3. The largest absolute Gasteiger partial charge is 0.248 e. The fourth-order valence-electron chi connectivity index (χ4n) is 1.48. The van der Waals surface area contributed by atoms with Gasteiger partial charge in [0, 0.05) is 18.9 Å². The molecule has 1 atom stereocenters. The molecule has 2 bridgehead atoms. The average molecular weight is 287 g/mol. The normalized spacial score (nSPS) is 32.0. The van der Waals surface area contributed by atoms with Crippen LogP contribution in [0.15, 0.2) is 25.2 Å². The second kappa shape index (κ2) is 2.79. The molecule has 0 radical (unpaired) electrons. The maximum Gasteiger partial charge on any atom is 0.170 e. The molecule has 0 N–H and O–H groups in total. The van der Waals surface area contributed by atoms with Gasteiger partial charge in [-0.3, -0.25) is 0 Å². The van der Waals surface area contributed by atoms with Gasteiger partial charge in [-0.2, -0.15) is 0 Å². The Hall–Kier alpha value is -0.920. The Morgan fingerprint density at radius 1 is 1.15 bits per heavy atom. The highest BCUT2D eigenvalue weighted by Crippen LogP contribution is 2.31. The lowest BCUT2D eigenvalue weighted by Gasteiger charge is -2.22. The van der Waals surface area contributed by atoms with Gasteiger partial charge in [0.25, 0.3) is 0 Å². The molecule has 1 unspecified atom stereocenters. The van der Waals surface area contributed by atoms with Crippen molar-refractivity contribution in [1.29, 1.82) is 0 Å². The monoisotopic (exact) mass is 287 g/mol. The van der Waals surface area contributed by atoms with Crippen LogP contribution in [0.1, 0.15) is 6.42 Å². The van der Waals surface area contributed by atoms with Crippen molar-refractivity contribution in [3.8, 4) is 0 Å². The molecule has 13 heavy (non-hydrogen) atoms. The van der Waals surface area contributed by atoms with E-state index in [1.54, 1.807) is 0 Å². The van der Waals surface area contributed by atoms with E-state index in [1.165, 1.54) is 6.34 Å². The number of nitrogens with zero attached hydrogens (tertiary/aromatic N) is 5. The Balaban J connectivity index is 0.000000653. The average Bonchev–Trinajstić information content (AvgIpc) is 2.43. The molecular formula is C7H6IN5. The number of fused-ring (bicyclic) bond motifs is 1. The molecule has 66 valence electrons. The molecule has 0 aromatic rings. The van der Waals surface area contributed by atoms with Crippen molar-refractivity contribution in [3.63, 3.8) is 0 Å². The third-order valence-corrected chi connectivity index (χ3v) is 2.12.